The molecule has 1 fully saturated rings. The number of carboxylic acids is 1. The van der Waals surface area contributed by atoms with Crippen LogP contribution in [0.4, 0.5) is 5.69 Å². The van der Waals surface area contributed by atoms with Crippen LogP contribution >= 0.6 is 0 Å². The highest BCUT2D eigenvalue weighted by molar-refractivity contribution is 6.20. The van der Waals surface area contributed by atoms with Crippen LogP contribution in [0.5, 0.6) is 5.75 Å². The molecular weight excluding hydrogens is 226 g/mol. The number of carbonyl (C=O) groups excluding carboxylic acids is 2. The standard InChI is InChI=1S/C11H9NO5/c13-8-5-6(1-2-7(8)11(16)17)12-9(14)3-4-10(12)15/h1-2,5,13H,3-4H2,(H,16,17). The average molecular weight is 235 g/mol. The molecular formula is C11H9NO5. The molecule has 17 heavy (non-hydrogen) atoms. The number of aromatic carboxylic acids is 1. The monoisotopic (exact) mass is 235 g/mol. The minimum Gasteiger partial charge on any atom is -0.507 e. The SMILES string of the molecule is O=C(O)c1ccc(N2C(=O)CCC2=O)cc1O. The van der Waals surface area contributed by atoms with Gasteiger partial charge in [0.2, 0.25) is 11.8 Å². The van der Waals surface area contributed by atoms with Crippen molar-refractivity contribution in [3.05, 3.63) is 23.8 Å². The van der Waals surface area contributed by atoms with E-state index in [2.05, 4.69) is 0 Å². The van der Waals surface area contributed by atoms with Gasteiger partial charge in [-0.25, -0.2) is 4.79 Å². The Labute approximate surface area is 96.1 Å². The summed E-state index contributed by atoms with van der Waals surface area (Å²) < 4.78 is 0. The third kappa shape index (κ3) is 1.84. The van der Waals surface area contributed by atoms with Crippen LogP contribution in [0.1, 0.15) is 23.2 Å². The lowest BCUT2D eigenvalue weighted by molar-refractivity contribution is -0.121. The molecule has 1 aliphatic rings. The van der Waals surface area contributed by atoms with E-state index in [1.807, 2.05) is 0 Å². The number of hydrogen-bond acceptors (Lipinski definition) is 4. The van der Waals surface area contributed by atoms with Gasteiger partial charge in [-0.3, -0.25) is 14.5 Å². The molecule has 0 atom stereocenters. The Bertz CT molecular complexity index is 507. The second-order valence-electron chi connectivity index (χ2n) is 3.63. The van der Waals surface area contributed by atoms with Crippen molar-refractivity contribution in [3.63, 3.8) is 0 Å². The number of hydrogen-bond donors (Lipinski definition) is 2. The first-order valence-electron chi connectivity index (χ1n) is 4.93. The minimum absolute atomic E-state index is 0.139. The summed E-state index contributed by atoms with van der Waals surface area (Å²) in [6.45, 7) is 0. The molecule has 1 heterocycles. The van der Waals surface area contributed by atoms with Crippen molar-refractivity contribution < 1.29 is 24.6 Å². The predicted molar refractivity (Wildman–Crippen MR) is 56.8 cm³/mol. The van der Waals surface area contributed by atoms with Gasteiger partial charge in [0.05, 0.1) is 5.69 Å². The molecule has 1 aromatic carbocycles. The largest absolute Gasteiger partial charge is 0.507 e. The van der Waals surface area contributed by atoms with Crippen LogP contribution in [0.15, 0.2) is 18.2 Å². The highest BCUT2D eigenvalue weighted by atomic mass is 16.4. The molecule has 0 saturated carbocycles. The normalized spacial score (nSPS) is 15.4. The van der Waals surface area contributed by atoms with E-state index in [1.54, 1.807) is 0 Å². The van der Waals surface area contributed by atoms with Gasteiger partial charge < -0.3 is 10.2 Å². The zero-order chi connectivity index (χ0) is 12.6. The van der Waals surface area contributed by atoms with Gasteiger partial charge in [0.1, 0.15) is 11.3 Å². The maximum Gasteiger partial charge on any atom is 0.339 e. The molecule has 2 amide bonds. The number of benzene rings is 1. The van der Waals surface area contributed by atoms with E-state index in [1.165, 1.54) is 6.07 Å². The molecule has 0 aromatic heterocycles. The smallest absolute Gasteiger partial charge is 0.339 e. The summed E-state index contributed by atoms with van der Waals surface area (Å²) >= 11 is 0. The molecule has 0 spiro atoms. The fourth-order valence-corrected chi connectivity index (χ4v) is 1.70. The Kier molecular flexibility index (Phi) is 2.55. The summed E-state index contributed by atoms with van der Waals surface area (Å²) in [6, 6.07) is 3.58. The summed E-state index contributed by atoms with van der Waals surface area (Å²) in [5, 5.41) is 18.2. The zero-order valence-electron chi connectivity index (χ0n) is 8.71. The van der Waals surface area contributed by atoms with Gasteiger partial charge >= 0.3 is 5.97 Å². The molecule has 1 aliphatic heterocycles. The highest BCUT2D eigenvalue weighted by Gasteiger charge is 2.30. The number of phenols is 1. The predicted octanol–water partition coefficient (Wildman–Crippen LogP) is 0.744. The molecule has 88 valence electrons. The van der Waals surface area contributed by atoms with Crippen LogP contribution < -0.4 is 4.90 Å². The number of rotatable bonds is 2. The number of carboxylic acid groups (broad SMARTS) is 1. The number of anilines is 1. The molecule has 1 aromatic rings. The quantitative estimate of drug-likeness (QED) is 0.737. The van der Waals surface area contributed by atoms with Gasteiger partial charge in [0.15, 0.2) is 0 Å². The van der Waals surface area contributed by atoms with E-state index >= 15 is 0 Å². The third-order valence-corrected chi connectivity index (χ3v) is 2.52. The van der Waals surface area contributed by atoms with E-state index in [0.29, 0.717) is 0 Å². The van der Waals surface area contributed by atoms with E-state index in [0.717, 1.165) is 17.0 Å². The zero-order valence-corrected chi connectivity index (χ0v) is 8.71. The van der Waals surface area contributed by atoms with Crippen molar-refractivity contribution in [1.29, 1.82) is 0 Å². The molecule has 0 aliphatic carbocycles. The highest BCUT2D eigenvalue weighted by Crippen LogP contribution is 2.28. The minimum atomic E-state index is -1.27. The van der Waals surface area contributed by atoms with E-state index < -0.39 is 11.7 Å². The fraction of sp³-hybridized carbons (Fsp3) is 0.182. The van der Waals surface area contributed by atoms with Crippen LogP contribution in [0.2, 0.25) is 0 Å². The summed E-state index contributed by atoms with van der Waals surface area (Å²) in [7, 11) is 0. The second kappa shape index (κ2) is 3.89. The molecule has 6 heteroatoms. The third-order valence-electron chi connectivity index (χ3n) is 2.52. The fourth-order valence-electron chi connectivity index (χ4n) is 1.70. The molecule has 0 bridgehead atoms. The van der Waals surface area contributed by atoms with Crippen molar-refractivity contribution in [2.75, 3.05) is 4.90 Å². The van der Waals surface area contributed by atoms with E-state index in [4.69, 9.17) is 5.11 Å². The van der Waals surface area contributed by atoms with Crippen molar-refractivity contribution >= 4 is 23.5 Å². The van der Waals surface area contributed by atoms with Crippen molar-refractivity contribution in [2.24, 2.45) is 0 Å². The molecule has 0 unspecified atom stereocenters. The summed E-state index contributed by atoms with van der Waals surface area (Å²) in [5.41, 5.74) is -0.0761. The van der Waals surface area contributed by atoms with E-state index in [9.17, 15) is 19.5 Å². The Morgan fingerprint density at radius 1 is 1.18 bits per heavy atom. The maximum absolute atomic E-state index is 11.4. The number of aromatic hydroxyl groups is 1. The molecule has 1 saturated heterocycles. The summed E-state index contributed by atoms with van der Waals surface area (Å²) in [6.07, 6.45) is 0.278. The lowest BCUT2D eigenvalue weighted by Gasteiger charge is -2.14. The first kappa shape index (κ1) is 11.1. The molecule has 6 nitrogen and oxygen atoms in total. The Morgan fingerprint density at radius 2 is 1.76 bits per heavy atom. The number of nitrogens with zero attached hydrogens (tertiary/aromatic N) is 1. The van der Waals surface area contributed by atoms with Gasteiger partial charge in [-0.1, -0.05) is 0 Å². The van der Waals surface area contributed by atoms with Crippen LogP contribution in [-0.2, 0) is 9.59 Å². The number of carbonyl (C=O) groups is 3. The Hall–Kier alpha value is -2.37. The van der Waals surface area contributed by atoms with Gasteiger partial charge in [0, 0.05) is 18.9 Å². The number of imide groups is 1. The van der Waals surface area contributed by atoms with E-state index in [-0.39, 0.29) is 35.9 Å². The Morgan fingerprint density at radius 3 is 2.24 bits per heavy atom. The van der Waals surface area contributed by atoms with Crippen LogP contribution in [-0.4, -0.2) is 28.0 Å². The molecule has 2 N–H and O–H groups in total. The van der Waals surface area contributed by atoms with Gasteiger partial charge in [-0.15, -0.1) is 0 Å². The average Bonchev–Trinajstić information content (AvgIpc) is 2.58. The van der Waals surface area contributed by atoms with Crippen LogP contribution in [0.25, 0.3) is 0 Å². The Balaban J connectivity index is 2.41. The lowest BCUT2D eigenvalue weighted by atomic mass is 10.1. The van der Waals surface area contributed by atoms with Gasteiger partial charge in [-0.05, 0) is 12.1 Å². The number of amides is 2. The second-order valence-corrected chi connectivity index (χ2v) is 3.63. The molecule has 0 radical (unpaired) electrons. The van der Waals surface area contributed by atoms with Crippen LogP contribution in [0.3, 0.4) is 0 Å². The van der Waals surface area contributed by atoms with Crippen molar-refractivity contribution in [3.8, 4) is 5.75 Å². The first-order valence-corrected chi connectivity index (χ1v) is 4.93. The first-order chi connectivity index (χ1) is 8.00. The topological polar surface area (TPSA) is 94.9 Å². The van der Waals surface area contributed by atoms with Crippen LogP contribution in [0, 0.1) is 0 Å². The van der Waals surface area contributed by atoms with Gasteiger partial charge in [-0.2, -0.15) is 0 Å². The maximum atomic E-state index is 11.4. The summed E-state index contributed by atoms with van der Waals surface area (Å²) in [5.74, 6) is -2.44. The van der Waals surface area contributed by atoms with Crippen molar-refractivity contribution in [2.45, 2.75) is 12.8 Å². The summed E-state index contributed by atoms with van der Waals surface area (Å²) in [4.78, 5) is 34.5. The van der Waals surface area contributed by atoms with Gasteiger partial charge in [0.25, 0.3) is 0 Å². The van der Waals surface area contributed by atoms with Crippen molar-refractivity contribution in [1.82, 2.24) is 0 Å². The lowest BCUT2D eigenvalue weighted by Crippen LogP contribution is -2.28. The molecule has 2 rings (SSSR count).